The number of aromatic nitrogens is 1. The van der Waals surface area contributed by atoms with Crippen LogP contribution in [0.1, 0.15) is 18.5 Å². The molecule has 2 heteroatoms. The topological polar surface area (TPSA) is 38.9 Å². The van der Waals surface area contributed by atoms with Crippen LogP contribution in [0, 0.1) is 0 Å². The lowest BCUT2D eigenvalue weighted by atomic mass is 10.1. The molecule has 1 unspecified atom stereocenters. The van der Waals surface area contributed by atoms with Gasteiger partial charge in [-0.1, -0.05) is 24.3 Å². The maximum absolute atomic E-state index is 5.84. The summed E-state index contributed by atoms with van der Waals surface area (Å²) in [5, 5.41) is 1.15. The summed E-state index contributed by atoms with van der Waals surface area (Å²) in [7, 11) is 0. The van der Waals surface area contributed by atoms with Crippen LogP contribution < -0.4 is 5.73 Å². The molecule has 0 bridgehead atoms. The van der Waals surface area contributed by atoms with Crippen molar-refractivity contribution in [2.24, 2.45) is 5.73 Å². The molecule has 0 aliphatic heterocycles. The predicted molar refractivity (Wildman–Crippen MR) is 54.3 cm³/mol. The van der Waals surface area contributed by atoms with Crippen molar-refractivity contribution in [2.45, 2.75) is 13.0 Å². The van der Waals surface area contributed by atoms with Gasteiger partial charge in [0.05, 0.1) is 5.52 Å². The summed E-state index contributed by atoms with van der Waals surface area (Å²) >= 11 is 0. The highest BCUT2D eigenvalue weighted by Crippen LogP contribution is 2.20. The van der Waals surface area contributed by atoms with Crippen molar-refractivity contribution in [2.75, 3.05) is 0 Å². The molecular formula is C11H12N2. The van der Waals surface area contributed by atoms with Gasteiger partial charge >= 0.3 is 0 Å². The molecule has 0 radical (unpaired) electrons. The highest BCUT2D eigenvalue weighted by atomic mass is 14.7. The van der Waals surface area contributed by atoms with Crippen LogP contribution in [0.3, 0.4) is 0 Å². The van der Waals surface area contributed by atoms with E-state index in [2.05, 4.69) is 4.98 Å². The van der Waals surface area contributed by atoms with Gasteiger partial charge in [0.25, 0.3) is 0 Å². The summed E-state index contributed by atoms with van der Waals surface area (Å²) < 4.78 is 0. The zero-order valence-corrected chi connectivity index (χ0v) is 7.57. The third-order valence-corrected chi connectivity index (χ3v) is 2.15. The van der Waals surface area contributed by atoms with Gasteiger partial charge in [0.15, 0.2) is 0 Å². The first-order valence-electron chi connectivity index (χ1n) is 4.38. The Labute approximate surface area is 77.4 Å². The smallest absolute Gasteiger partial charge is 0.0749 e. The number of para-hydroxylation sites is 1. The number of pyridine rings is 1. The van der Waals surface area contributed by atoms with Gasteiger partial charge in [0.1, 0.15) is 0 Å². The van der Waals surface area contributed by atoms with Gasteiger partial charge in [-0.3, -0.25) is 4.98 Å². The van der Waals surface area contributed by atoms with Crippen LogP contribution in [0.4, 0.5) is 0 Å². The van der Waals surface area contributed by atoms with Crippen LogP contribution in [-0.2, 0) is 0 Å². The second kappa shape index (κ2) is 3.15. The normalized spacial score (nSPS) is 13.1. The van der Waals surface area contributed by atoms with Crippen molar-refractivity contribution in [1.29, 1.82) is 0 Å². The minimum atomic E-state index is 0.0404. The van der Waals surface area contributed by atoms with Gasteiger partial charge in [-0.15, -0.1) is 0 Å². The Morgan fingerprint density at radius 1 is 1.23 bits per heavy atom. The van der Waals surface area contributed by atoms with Crippen molar-refractivity contribution in [3.8, 4) is 0 Å². The molecule has 0 fully saturated rings. The quantitative estimate of drug-likeness (QED) is 0.716. The van der Waals surface area contributed by atoms with Crippen LogP contribution in [0.5, 0.6) is 0 Å². The summed E-state index contributed by atoms with van der Waals surface area (Å²) in [4.78, 5) is 4.32. The number of benzene rings is 1. The van der Waals surface area contributed by atoms with E-state index in [-0.39, 0.29) is 6.04 Å². The molecule has 0 spiro atoms. The lowest BCUT2D eigenvalue weighted by molar-refractivity contribution is 0.824. The molecule has 13 heavy (non-hydrogen) atoms. The monoisotopic (exact) mass is 172 g/mol. The number of nitrogens with zero attached hydrogens (tertiary/aromatic N) is 1. The maximum atomic E-state index is 5.84. The molecule has 0 saturated carbocycles. The molecule has 66 valence electrons. The van der Waals surface area contributed by atoms with Gasteiger partial charge in [-0.2, -0.15) is 0 Å². The lowest BCUT2D eigenvalue weighted by Crippen LogP contribution is -2.05. The molecule has 2 aromatic rings. The summed E-state index contributed by atoms with van der Waals surface area (Å²) in [5.41, 5.74) is 7.96. The van der Waals surface area contributed by atoms with E-state index < -0.39 is 0 Å². The molecule has 2 nitrogen and oxygen atoms in total. The first-order chi connectivity index (χ1) is 6.29. The van der Waals surface area contributed by atoms with Crippen molar-refractivity contribution >= 4 is 10.9 Å². The van der Waals surface area contributed by atoms with E-state index >= 15 is 0 Å². The third-order valence-electron chi connectivity index (χ3n) is 2.15. The first-order valence-corrected chi connectivity index (χ1v) is 4.38. The van der Waals surface area contributed by atoms with Gasteiger partial charge in [-0.25, -0.2) is 0 Å². The molecule has 0 aliphatic carbocycles. The first kappa shape index (κ1) is 8.20. The maximum Gasteiger partial charge on any atom is 0.0749 e. The van der Waals surface area contributed by atoms with E-state index in [1.54, 1.807) is 6.20 Å². The molecule has 1 atom stereocenters. The van der Waals surface area contributed by atoms with E-state index in [4.69, 9.17) is 5.73 Å². The Bertz CT molecular complexity index is 416. The van der Waals surface area contributed by atoms with Crippen LogP contribution in [0.15, 0.2) is 36.5 Å². The highest BCUT2D eigenvalue weighted by molar-refractivity contribution is 5.81. The van der Waals surface area contributed by atoms with Crippen LogP contribution in [-0.4, -0.2) is 4.98 Å². The van der Waals surface area contributed by atoms with Crippen molar-refractivity contribution in [3.05, 3.63) is 42.1 Å². The number of hydrogen-bond donors (Lipinski definition) is 1. The molecule has 1 aromatic carbocycles. The lowest BCUT2D eigenvalue weighted by Gasteiger charge is -2.07. The molecule has 2 N–H and O–H groups in total. The second-order valence-electron chi connectivity index (χ2n) is 3.21. The van der Waals surface area contributed by atoms with Crippen LogP contribution in [0.25, 0.3) is 10.9 Å². The average molecular weight is 172 g/mol. The molecular weight excluding hydrogens is 160 g/mol. The number of nitrogens with two attached hydrogens (primary N) is 1. The summed E-state index contributed by atoms with van der Waals surface area (Å²) in [5.74, 6) is 0. The van der Waals surface area contributed by atoms with E-state index in [1.165, 1.54) is 0 Å². The Balaban J connectivity index is 2.76. The fourth-order valence-electron chi connectivity index (χ4n) is 1.50. The molecule has 1 heterocycles. The zero-order valence-electron chi connectivity index (χ0n) is 7.57. The Morgan fingerprint density at radius 3 is 2.77 bits per heavy atom. The Kier molecular flexibility index (Phi) is 1.99. The minimum Gasteiger partial charge on any atom is -0.324 e. The number of fused-ring (bicyclic) bond motifs is 1. The number of rotatable bonds is 1. The largest absolute Gasteiger partial charge is 0.324 e. The fourth-order valence-corrected chi connectivity index (χ4v) is 1.50. The van der Waals surface area contributed by atoms with Crippen molar-refractivity contribution in [3.63, 3.8) is 0 Å². The molecule has 0 saturated heterocycles. The Hall–Kier alpha value is -1.41. The van der Waals surface area contributed by atoms with Crippen molar-refractivity contribution in [1.82, 2.24) is 4.98 Å². The minimum absolute atomic E-state index is 0.0404. The fraction of sp³-hybridized carbons (Fsp3) is 0.182. The molecule has 0 amide bonds. The van der Waals surface area contributed by atoms with Gasteiger partial charge in [0.2, 0.25) is 0 Å². The summed E-state index contributed by atoms with van der Waals surface area (Å²) in [6.45, 7) is 1.98. The average Bonchev–Trinajstić information content (AvgIpc) is 2.17. The molecule has 2 rings (SSSR count). The van der Waals surface area contributed by atoms with E-state index in [1.807, 2.05) is 37.3 Å². The third kappa shape index (κ3) is 1.40. The molecule has 1 aromatic heterocycles. The highest BCUT2D eigenvalue weighted by Gasteiger charge is 2.04. The standard InChI is InChI=1S/C11H12N2/c1-8(12)10-6-2-4-9-5-3-7-13-11(9)10/h2-8H,12H2,1H3. The van der Waals surface area contributed by atoms with E-state index in [0.717, 1.165) is 16.5 Å². The predicted octanol–water partition coefficient (Wildman–Crippen LogP) is 2.25. The second-order valence-corrected chi connectivity index (χ2v) is 3.21. The van der Waals surface area contributed by atoms with Gasteiger partial charge in [0, 0.05) is 17.6 Å². The zero-order chi connectivity index (χ0) is 9.26. The number of hydrogen-bond acceptors (Lipinski definition) is 2. The summed E-state index contributed by atoms with van der Waals surface area (Å²) in [6, 6.07) is 10.1. The summed E-state index contributed by atoms with van der Waals surface area (Å²) in [6.07, 6.45) is 1.80. The van der Waals surface area contributed by atoms with E-state index in [0.29, 0.717) is 0 Å². The molecule has 0 aliphatic rings. The van der Waals surface area contributed by atoms with Gasteiger partial charge < -0.3 is 5.73 Å². The SMILES string of the molecule is CC(N)c1cccc2cccnc12. The van der Waals surface area contributed by atoms with Crippen molar-refractivity contribution < 1.29 is 0 Å². The van der Waals surface area contributed by atoms with Crippen LogP contribution >= 0.6 is 0 Å². The van der Waals surface area contributed by atoms with E-state index in [9.17, 15) is 0 Å². The Morgan fingerprint density at radius 2 is 2.00 bits per heavy atom. The van der Waals surface area contributed by atoms with Gasteiger partial charge in [-0.05, 0) is 18.6 Å². The van der Waals surface area contributed by atoms with Crippen LogP contribution in [0.2, 0.25) is 0 Å².